The Hall–Kier alpha value is -0.690. The van der Waals surface area contributed by atoms with Crippen molar-refractivity contribution >= 4 is 5.97 Å². The Morgan fingerprint density at radius 2 is 2.21 bits per heavy atom. The fraction of sp³-hybridized carbons (Fsp3) is 0.875. The quantitative estimate of drug-likeness (QED) is 0.541. The average molecular weight is 205 g/mol. The lowest BCUT2D eigenvalue weighted by Gasteiger charge is -2.22. The van der Waals surface area contributed by atoms with E-state index in [0.717, 1.165) is 0 Å². The molecule has 1 rings (SSSR count). The van der Waals surface area contributed by atoms with Crippen molar-refractivity contribution in [3.8, 4) is 0 Å². The van der Waals surface area contributed by atoms with Crippen LogP contribution >= 0.6 is 0 Å². The first-order valence-corrected chi connectivity index (χ1v) is 4.32. The minimum Gasteiger partial charge on any atom is -0.480 e. The zero-order valence-electron chi connectivity index (χ0n) is 8.14. The van der Waals surface area contributed by atoms with Crippen molar-refractivity contribution in [2.45, 2.75) is 37.9 Å². The van der Waals surface area contributed by atoms with Crippen LogP contribution in [-0.4, -0.2) is 46.8 Å². The molecule has 0 saturated carbocycles. The molecule has 1 aliphatic heterocycles. The summed E-state index contributed by atoms with van der Waals surface area (Å²) in [6.07, 6.45) is -1.94. The molecule has 0 aromatic carbocycles. The Morgan fingerprint density at radius 3 is 2.57 bits per heavy atom. The van der Waals surface area contributed by atoms with Crippen LogP contribution in [0.4, 0.5) is 0 Å². The third-order valence-corrected chi connectivity index (χ3v) is 2.06. The van der Waals surface area contributed by atoms with Gasteiger partial charge in [-0.25, -0.2) is 0 Å². The fourth-order valence-corrected chi connectivity index (χ4v) is 1.26. The van der Waals surface area contributed by atoms with Gasteiger partial charge < -0.3 is 25.4 Å². The van der Waals surface area contributed by atoms with E-state index in [9.17, 15) is 9.90 Å². The number of rotatable bonds is 3. The summed E-state index contributed by atoms with van der Waals surface area (Å²) in [4.78, 5) is 10.5. The van der Waals surface area contributed by atoms with Crippen molar-refractivity contribution in [2.24, 2.45) is 5.73 Å². The summed E-state index contributed by atoms with van der Waals surface area (Å²) in [5.41, 5.74) is 5.24. The molecule has 0 amide bonds. The van der Waals surface area contributed by atoms with Gasteiger partial charge in [-0.15, -0.1) is 0 Å². The SMILES string of the molecule is CC1(C)OC[C@@H]([C@@H](O)[C@@H](N)C(=O)O)O1. The summed E-state index contributed by atoms with van der Waals surface area (Å²) in [7, 11) is 0. The number of nitrogens with two attached hydrogens (primary N) is 1. The lowest BCUT2D eigenvalue weighted by molar-refractivity contribution is -0.159. The minimum absolute atomic E-state index is 0.148. The highest BCUT2D eigenvalue weighted by Gasteiger charge is 2.40. The van der Waals surface area contributed by atoms with E-state index in [1.54, 1.807) is 13.8 Å². The highest BCUT2D eigenvalue weighted by molar-refractivity contribution is 5.74. The Kier molecular flexibility index (Phi) is 3.10. The van der Waals surface area contributed by atoms with E-state index in [-0.39, 0.29) is 6.61 Å². The van der Waals surface area contributed by atoms with Gasteiger partial charge in [-0.3, -0.25) is 4.79 Å². The fourth-order valence-electron chi connectivity index (χ4n) is 1.26. The summed E-state index contributed by atoms with van der Waals surface area (Å²) in [5.74, 6) is -2.05. The summed E-state index contributed by atoms with van der Waals surface area (Å²) in [6, 6.07) is -1.35. The molecule has 0 aromatic rings. The molecule has 3 atom stereocenters. The second-order valence-electron chi connectivity index (χ2n) is 3.72. The summed E-state index contributed by atoms with van der Waals surface area (Å²) in [5, 5.41) is 18.1. The number of carboxylic acids is 1. The molecule has 14 heavy (non-hydrogen) atoms. The number of carboxylic acid groups (broad SMARTS) is 1. The predicted molar refractivity (Wildman–Crippen MR) is 46.5 cm³/mol. The van der Waals surface area contributed by atoms with Crippen molar-refractivity contribution in [1.82, 2.24) is 0 Å². The zero-order chi connectivity index (χ0) is 10.9. The van der Waals surface area contributed by atoms with Crippen LogP contribution in [0.2, 0.25) is 0 Å². The Morgan fingerprint density at radius 1 is 1.64 bits per heavy atom. The van der Waals surface area contributed by atoms with Gasteiger partial charge in [-0.1, -0.05) is 0 Å². The molecule has 0 unspecified atom stereocenters. The zero-order valence-corrected chi connectivity index (χ0v) is 8.14. The highest BCUT2D eigenvalue weighted by Crippen LogP contribution is 2.24. The van der Waals surface area contributed by atoms with Gasteiger partial charge >= 0.3 is 5.97 Å². The van der Waals surface area contributed by atoms with Crippen molar-refractivity contribution in [1.29, 1.82) is 0 Å². The molecule has 4 N–H and O–H groups in total. The second-order valence-corrected chi connectivity index (χ2v) is 3.72. The molecule has 0 aromatic heterocycles. The molecule has 1 aliphatic rings. The lowest BCUT2D eigenvalue weighted by Crippen LogP contribution is -2.49. The van der Waals surface area contributed by atoms with Gasteiger partial charge in [0.2, 0.25) is 0 Å². The monoisotopic (exact) mass is 205 g/mol. The molecule has 1 saturated heterocycles. The number of carbonyl (C=O) groups is 1. The molecule has 0 bridgehead atoms. The number of ether oxygens (including phenoxy) is 2. The lowest BCUT2D eigenvalue weighted by atomic mass is 10.1. The van der Waals surface area contributed by atoms with Crippen LogP contribution in [0.15, 0.2) is 0 Å². The minimum atomic E-state index is -1.35. The third-order valence-electron chi connectivity index (χ3n) is 2.06. The Balaban J connectivity index is 2.55. The molecule has 0 aliphatic carbocycles. The van der Waals surface area contributed by atoms with E-state index >= 15 is 0 Å². The van der Waals surface area contributed by atoms with E-state index in [1.165, 1.54) is 0 Å². The molecule has 0 spiro atoms. The topological polar surface area (TPSA) is 102 Å². The van der Waals surface area contributed by atoms with Gasteiger partial charge in [0.25, 0.3) is 0 Å². The van der Waals surface area contributed by atoms with Crippen molar-refractivity contribution in [2.75, 3.05) is 6.61 Å². The van der Waals surface area contributed by atoms with Gasteiger partial charge in [0.15, 0.2) is 5.79 Å². The largest absolute Gasteiger partial charge is 0.480 e. The van der Waals surface area contributed by atoms with Crippen LogP contribution < -0.4 is 5.73 Å². The van der Waals surface area contributed by atoms with Gasteiger partial charge in [0.05, 0.1) is 6.61 Å². The third kappa shape index (κ3) is 2.42. The number of aliphatic hydroxyl groups is 1. The van der Waals surface area contributed by atoms with Crippen molar-refractivity contribution < 1.29 is 24.5 Å². The van der Waals surface area contributed by atoms with E-state index in [4.69, 9.17) is 20.3 Å². The Labute approximate surface area is 81.6 Å². The van der Waals surface area contributed by atoms with Gasteiger partial charge in [0.1, 0.15) is 18.2 Å². The number of hydrogen-bond acceptors (Lipinski definition) is 5. The molecular formula is C8H15NO5. The smallest absolute Gasteiger partial charge is 0.323 e. The predicted octanol–water partition coefficient (Wildman–Crippen LogP) is -1.09. The van der Waals surface area contributed by atoms with Gasteiger partial charge in [0, 0.05) is 0 Å². The maximum atomic E-state index is 10.5. The Bertz CT molecular complexity index is 230. The maximum Gasteiger partial charge on any atom is 0.323 e. The standard InChI is InChI=1S/C8H15NO5/c1-8(2)13-3-4(14-8)6(10)5(9)7(11)12/h4-6,10H,3,9H2,1-2H3,(H,11,12)/t4-,5+,6+/m0/s1. The van der Waals surface area contributed by atoms with E-state index in [1.807, 2.05) is 0 Å². The van der Waals surface area contributed by atoms with Crippen LogP contribution in [0.25, 0.3) is 0 Å². The average Bonchev–Trinajstić information content (AvgIpc) is 2.43. The van der Waals surface area contributed by atoms with Crippen molar-refractivity contribution in [3.63, 3.8) is 0 Å². The first kappa shape index (κ1) is 11.4. The van der Waals surface area contributed by atoms with Crippen LogP contribution in [0.1, 0.15) is 13.8 Å². The summed E-state index contributed by atoms with van der Waals surface area (Å²) in [6.45, 7) is 3.52. The van der Waals surface area contributed by atoms with Gasteiger partial charge in [-0.2, -0.15) is 0 Å². The summed E-state index contributed by atoms with van der Waals surface area (Å²) >= 11 is 0. The normalized spacial score (nSPS) is 29.9. The van der Waals surface area contributed by atoms with Crippen molar-refractivity contribution in [3.05, 3.63) is 0 Å². The van der Waals surface area contributed by atoms with E-state index < -0.39 is 30.0 Å². The first-order valence-electron chi connectivity index (χ1n) is 4.32. The molecule has 1 heterocycles. The molecule has 82 valence electrons. The van der Waals surface area contributed by atoms with Crippen LogP contribution in [0.3, 0.4) is 0 Å². The molecule has 6 heteroatoms. The molecular weight excluding hydrogens is 190 g/mol. The maximum absolute atomic E-state index is 10.5. The van der Waals surface area contributed by atoms with Gasteiger partial charge in [-0.05, 0) is 13.8 Å². The molecule has 6 nitrogen and oxygen atoms in total. The first-order chi connectivity index (χ1) is 6.33. The van der Waals surface area contributed by atoms with Crippen LogP contribution in [-0.2, 0) is 14.3 Å². The van der Waals surface area contributed by atoms with E-state index in [2.05, 4.69) is 0 Å². The van der Waals surface area contributed by atoms with Crippen LogP contribution in [0, 0.1) is 0 Å². The summed E-state index contributed by atoms with van der Waals surface area (Å²) < 4.78 is 10.4. The highest BCUT2D eigenvalue weighted by atomic mass is 16.7. The molecule has 0 radical (unpaired) electrons. The number of aliphatic hydroxyl groups excluding tert-OH is 1. The number of aliphatic carboxylic acids is 1. The van der Waals surface area contributed by atoms with E-state index in [0.29, 0.717) is 0 Å². The number of hydrogen-bond donors (Lipinski definition) is 3. The second kappa shape index (κ2) is 3.82. The molecule has 1 fully saturated rings. The van der Waals surface area contributed by atoms with Crippen LogP contribution in [0.5, 0.6) is 0 Å².